The second-order valence-electron chi connectivity index (χ2n) is 9.61. The number of ether oxygens (including phenoxy) is 2. The van der Waals surface area contributed by atoms with Crippen LogP contribution >= 0.6 is 0 Å². The molecule has 2 amide bonds. The molecule has 10 nitrogen and oxygen atoms in total. The summed E-state index contributed by atoms with van der Waals surface area (Å²) in [5, 5.41) is 9.23. The Hall–Kier alpha value is -4.34. The van der Waals surface area contributed by atoms with Crippen molar-refractivity contribution in [3.05, 3.63) is 47.9 Å². The lowest BCUT2D eigenvalue weighted by molar-refractivity contribution is -0.130. The molecule has 5 rings (SSSR count). The van der Waals surface area contributed by atoms with E-state index < -0.39 is 0 Å². The summed E-state index contributed by atoms with van der Waals surface area (Å²) in [6.07, 6.45) is 0. The van der Waals surface area contributed by atoms with Gasteiger partial charge in [-0.2, -0.15) is 0 Å². The molecule has 0 unspecified atom stereocenters. The highest BCUT2D eigenvalue weighted by atomic mass is 16.5. The molecule has 1 fully saturated rings. The number of nitrogens with zero attached hydrogens (tertiary/aromatic N) is 4. The number of aromatic nitrogens is 3. The molecule has 4 aromatic rings. The summed E-state index contributed by atoms with van der Waals surface area (Å²) in [6.45, 7) is 7.68. The quantitative estimate of drug-likeness (QED) is 0.405. The third-order valence-electron chi connectivity index (χ3n) is 6.96. The standard InChI is InChI=1S/C28H31N5O5/c1-16(2)24-20-14-19(6-8-21(20)29-25(24)18-7-9-22(36-4)23(15-18)37-5)26-30-31-27(38-26)28(35)33-12-10-32(11-13-33)17(3)34/h6-9,14-16,29H,10-13H2,1-5H3. The number of carbonyl (C=O) groups excluding carboxylic acids is 2. The number of hydrogen-bond acceptors (Lipinski definition) is 7. The molecule has 2 aromatic heterocycles. The Morgan fingerprint density at radius 2 is 1.61 bits per heavy atom. The Kier molecular flexibility index (Phi) is 6.79. The van der Waals surface area contributed by atoms with Gasteiger partial charge < -0.3 is 28.7 Å². The molecule has 2 aromatic carbocycles. The molecule has 1 N–H and O–H groups in total. The van der Waals surface area contributed by atoms with Gasteiger partial charge in [0.1, 0.15) is 0 Å². The zero-order valence-corrected chi connectivity index (χ0v) is 22.2. The number of H-pyrrole nitrogens is 1. The topological polar surface area (TPSA) is 114 Å². The summed E-state index contributed by atoms with van der Waals surface area (Å²) >= 11 is 0. The van der Waals surface area contributed by atoms with Crippen molar-refractivity contribution < 1.29 is 23.5 Å². The van der Waals surface area contributed by atoms with E-state index in [2.05, 4.69) is 29.0 Å². The number of carbonyl (C=O) groups is 2. The summed E-state index contributed by atoms with van der Waals surface area (Å²) in [4.78, 5) is 31.4. The number of rotatable bonds is 6. The summed E-state index contributed by atoms with van der Waals surface area (Å²) in [6, 6.07) is 11.8. The fraction of sp³-hybridized carbons (Fsp3) is 0.357. The molecule has 0 radical (unpaired) electrons. The van der Waals surface area contributed by atoms with Gasteiger partial charge in [-0.25, -0.2) is 0 Å². The minimum atomic E-state index is -0.326. The number of hydrogen-bond donors (Lipinski definition) is 1. The molecule has 0 spiro atoms. The maximum absolute atomic E-state index is 12.9. The third kappa shape index (κ3) is 4.57. The van der Waals surface area contributed by atoms with Gasteiger partial charge in [0.15, 0.2) is 11.5 Å². The van der Waals surface area contributed by atoms with Crippen LogP contribution in [0.3, 0.4) is 0 Å². The molecule has 1 aliphatic heterocycles. The number of piperazine rings is 1. The van der Waals surface area contributed by atoms with Crippen molar-refractivity contribution in [2.45, 2.75) is 26.7 Å². The van der Waals surface area contributed by atoms with Gasteiger partial charge in [0, 0.05) is 55.1 Å². The average Bonchev–Trinajstić information content (AvgIpc) is 3.57. The fourth-order valence-electron chi connectivity index (χ4n) is 4.95. The Labute approximate surface area is 220 Å². The highest BCUT2D eigenvalue weighted by Gasteiger charge is 2.27. The first-order valence-corrected chi connectivity index (χ1v) is 12.6. The molecular formula is C28H31N5O5. The molecule has 3 heterocycles. The van der Waals surface area contributed by atoms with Crippen molar-refractivity contribution in [3.8, 4) is 34.2 Å². The molecule has 198 valence electrons. The Morgan fingerprint density at radius 3 is 2.26 bits per heavy atom. The molecule has 0 bridgehead atoms. The Balaban J connectivity index is 1.46. The first kappa shape index (κ1) is 25.3. The molecule has 0 atom stereocenters. The van der Waals surface area contributed by atoms with Crippen LogP contribution in [-0.2, 0) is 4.79 Å². The minimum absolute atomic E-state index is 0.00683. The largest absolute Gasteiger partial charge is 0.493 e. The van der Waals surface area contributed by atoms with Gasteiger partial charge >= 0.3 is 11.8 Å². The van der Waals surface area contributed by atoms with Crippen molar-refractivity contribution in [1.82, 2.24) is 25.0 Å². The molecule has 0 saturated carbocycles. The van der Waals surface area contributed by atoms with E-state index in [0.29, 0.717) is 37.7 Å². The van der Waals surface area contributed by atoms with Gasteiger partial charge in [-0.1, -0.05) is 13.8 Å². The number of aromatic amines is 1. The maximum atomic E-state index is 12.9. The van der Waals surface area contributed by atoms with Gasteiger partial charge in [-0.3, -0.25) is 9.59 Å². The van der Waals surface area contributed by atoms with E-state index in [1.165, 1.54) is 6.92 Å². The minimum Gasteiger partial charge on any atom is -0.493 e. The zero-order valence-electron chi connectivity index (χ0n) is 22.2. The van der Waals surface area contributed by atoms with Gasteiger partial charge in [0.25, 0.3) is 0 Å². The van der Waals surface area contributed by atoms with Crippen LogP contribution in [0.1, 0.15) is 42.9 Å². The van der Waals surface area contributed by atoms with E-state index >= 15 is 0 Å². The first-order chi connectivity index (χ1) is 18.3. The molecule has 0 aliphatic carbocycles. The van der Waals surface area contributed by atoms with Crippen LogP contribution in [-0.4, -0.2) is 77.2 Å². The first-order valence-electron chi connectivity index (χ1n) is 12.6. The molecule has 10 heteroatoms. The van der Waals surface area contributed by atoms with Crippen molar-refractivity contribution >= 4 is 22.7 Å². The van der Waals surface area contributed by atoms with Crippen LogP contribution in [0, 0.1) is 0 Å². The number of fused-ring (bicyclic) bond motifs is 1. The van der Waals surface area contributed by atoms with Crippen LogP contribution in [0.5, 0.6) is 11.5 Å². The fourth-order valence-corrected chi connectivity index (χ4v) is 4.95. The SMILES string of the molecule is COc1ccc(-c2[nH]c3ccc(-c4nnc(C(=O)N5CCN(C(C)=O)CC5)o4)cc3c2C(C)C)cc1OC. The number of amides is 2. The van der Waals surface area contributed by atoms with Crippen LogP contribution in [0.15, 0.2) is 40.8 Å². The van der Waals surface area contributed by atoms with Crippen LogP contribution in [0.4, 0.5) is 0 Å². The van der Waals surface area contributed by atoms with E-state index in [-0.39, 0.29) is 29.5 Å². The second kappa shape index (κ2) is 10.2. The third-order valence-corrected chi connectivity index (χ3v) is 6.96. The van der Waals surface area contributed by atoms with Crippen molar-refractivity contribution in [2.24, 2.45) is 0 Å². The number of benzene rings is 2. The molecule has 38 heavy (non-hydrogen) atoms. The molecule has 1 saturated heterocycles. The zero-order chi connectivity index (χ0) is 27.0. The van der Waals surface area contributed by atoms with E-state index in [4.69, 9.17) is 13.9 Å². The van der Waals surface area contributed by atoms with E-state index in [1.54, 1.807) is 24.0 Å². The Bertz CT molecular complexity index is 1500. The second-order valence-corrected chi connectivity index (χ2v) is 9.61. The summed E-state index contributed by atoms with van der Waals surface area (Å²) in [7, 11) is 3.24. The van der Waals surface area contributed by atoms with Crippen molar-refractivity contribution in [3.63, 3.8) is 0 Å². The van der Waals surface area contributed by atoms with Gasteiger partial charge in [-0.15, -0.1) is 10.2 Å². The van der Waals surface area contributed by atoms with Crippen LogP contribution in [0.2, 0.25) is 0 Å². The summed E-state index contributed by atoms with van der Waals surface area (Å²) < 4.78 is 16.7. The van der Waals surface area contributed by atoms with Gasteiger partial charge in [-0.05, 0) is 47.9 Å². The maximum Gasteiger partial charge on any atom is 0.311 e. The molecule has 1 aliphatic rings. The average molecular weight is 518 g/mol. The smallest absolute Gasteiger partial charge is 0.311 e. The molecular weight excluding hydrogens is 486 g/mol. The van der Waals surface area contributed by atoms with E-state index in [0.717, 1.165) is 33.3 Å². The highest BCUT2D eigenvalue weighted by molar-refractivity contribution is 5.94. The van der Waals surface area contributed by atoms with Gasteiger partial charge in [0.2, 0.25) is 11.8 Å². The summed E-state index contributed by atoms with van der Waals surface area (Å²) in [5.74, 6) is 1.45. The number of methoxy groups -OCH3 is 2. The lowest BCUT2D eigenvalue weighted by Crippen LogP contribution is -2.50. The highest BCUT2D eigenvalue weighted by Crippen LogP contribution is 2.40. The monoisotopic (exact) mass is 517 g/mol. The normalized spacial score (nSPS) is 13.8. The van der Waals surface area contributed by atoms with Gasteiger partial charge in [0.05, 0.1) is 19.9 Å². The lowest BCUT2D eigenvalue weighted by atomic mass is 9.95. The Morgan fingerprint density at radius 1 is 0.921 bits per heavy atom. The predicted octanol–water partition coefficient (Wildman–Crippen LogP) is 4.33. The number of nitrogens with one attached hydrogen (secondary N) is 1. The lowest BCUT2D eigenvalue weighted by Gasteiger charge is -2.33. The van der Waals surface area contributed by atoms with Crippen molar-refractivity contribution in [1.29, 1.82) is 0 Å². The van der Waals surface area contributed by atoms with E-state index in [1.807, 2.05) is 36.4 Å². The van der Waals surface area contributed by atoms with E-state index in [9.17, 15) is 9.59 Å². The van der Waals surface area contributed by atoms with Crippen LogP contribution in [0.25, 0.3) is 33.6 Å². The predicted molar refractivity (Wildman–Crippen MR) is 142 cm³/mol. The van der Waals surface area contributed by atoms with Crippen LogP contribution < -0.4 is 9.47 Å². The summed E-state index contributed by atoms with van der Waals surface area (Å²) in [5.41, 5.74) is 4.83. The van der Waals surface area contributed by atoms with Crippen molar-refractivity contribution in [2.75, 3.05) is 40.4 Å².